The number of esters is 1. The van der Waals surface area contributed by atoms with Crippen LogP contribution in [0.2, 0.25) is 0 Å². The Morgan fingerprint density at radius 1 is 1.47 bits per heavy atom. The molecule has 0 fully saturated rings. The van der Waals surface area contributed by atoms with Gasteiger partial charge in [-0.1, -0.05) is 12.1 Å². The lowest BCUT2D eigenvalue weighted by Crippen LogP contribution is -2.14. The van der Waals surface area contributed by atoms with Gasteiger partial charge >= 0.3 is 5.97 Å². The van der Waals surface area contributed by atoms with Crippen molar-refractivity contribution in [3.05, 3.63) is 29.3 Å². The Kier molecular flexibility index (Phi) is 4.12. The quantitative estimate of drug-likeness (QED) is 0.755. The number of hydrogen-bond acceptors (Lipinski definition) is 4. The number of benzene rings is 1. The molecule has 0 atom stereocenters. The predicted molar refractivity (Wildman–Crippen MR) is 57.1 cm³/mol. The zero-order chi connectivity index (χ0) is 11.3. The van der Waals surface area contributed by atoms with Crippen LogP contribution in [0.4, 0.5) is 0 Å². The van der Waals surface area contributed by atoms with Crippen LogP contribution in [0.5, 0.6) is 5.75 Å². The van der Waals surface area contributed by atoms with Crippen molar-refractivity contribution < 1.29 is 14.3 Å². The third-order valence-electron chi connectivity index (χ3n) is 1.98. The lowest BCUT2D eigenvalue weighted by atomic mass is 10.1. The average molecular weight is 209 g/mol. The highest BCUT2D eigenvalue weighted by Gasteiger charge is 2.14. The molecule has 0 aromatic heterocycles. The molecule has 0 heterocycles. The first-order valence-electron chi connectivity index (χ1n) is 4.71. The fourth-order valence-corrected chi connectivity index (χ4v) is 1.28. The van der Waals surface area contributed by atoms with E-state index in [4.69, 9.17) is 10.5 Å². The highest BCUT2D eigenvalue weighted by molar-refractivity contribution is 5.92. The van der Waals surface area contributed by atoms with E-state index in [1.165, 1.54) is 7.11 Å². The molecule has 0 bridgehead atoms. The second-order valence-corrected chi connectivity index (χ2v) is 3.08. The van der Waals surface area contributed by atoms with Gasteiger partial charge in [-0.05, 0) is 18.6 Å². The largest absolute Gasteiger partial charge is 0.491 e. The second-order valence-electron chi connectivity index (χ2n) is 3.08. The van der Waals surface area contributed by atoms with Crippen LogP contribution in [0, 0.1) is 6.92 Å². The number of para-hydroxylation sites is 1. The SMILES string of the molecule is COC(=O)c1cccc(C)c1OCCN. The van der Waals surface area contributed by atoms with Gasteiger partial charge in [-0.3, -0.25) is 0 Å². The van der Waals surface area contributed by atoms with Crippen molar-refractivity contribution in [2.75, 3.05) is 20.3 Å². The first-order chi connectivity index (χ1) is 7.20. The van der Waals surface area contributed by atoms with Crippen molar-refractivity contribution in [3.8, 4) is 5.75 Å². The van der Waals surface area contributed by atoms with Gasteiger partial charge in [0.15, 0.2) is 0 Å². The maximum atomic E-state index is 11.4. The average Bonchev–Trinajstić information content (AvgIpc) is 2.26. The summed E-state index contributed by atoms with van der Waals surface area (Å²) in [6, 6.07) is 5.33. The fraction of sp³-hybridized carbons (Fsp3) is 0.364. The van der Waals surface area contributed by atoms with Crippen molar-refractivity contribution in [3.63, 3.8) is 0 Å². The zero-order valence-corrected chi connectivity index (χ0v) is 8.95. The van der Waals surface area contributed by atoms with Crippen molar-refractivity contribution in [2.45, 2.75) is 6.92 Å². The molecule has 82 valence electrons. The minimum Gasteiger partial charge on any atom is -0.491 e. The molecule has 0 aliphatic carbocycles. The molecule has 4 nitrogen and oxygen atoms in total. The van der Waals surface area contributed by atoms with Gasteiger partial charge < -0.3 is 15.2 Å². The third-order valence-corrected chi connectivity index (χ3v) is 1.98. The van der Waals surface area contributed by atoms with Gasteiger partial charge in [0.25, 0.3) is 0 Å². The molecular formula is C11H15NO3. The van der Waals surface area contributed by atoms with Gasteiger partial charge in [0.2, 0.25) is 0 Å². The van der Waals surface area contributed by atoms with E-state index in [1.807, 2.05) is 13.0 Å². The number of hydrogen-bond donors (Lipinski definition) is 1. The van der Waals surface area contributed by atoms with E-state index in [1.54, 1.807) is 12.1 Å². The lowest BCUT2D eigenvalue weighted by Gasteiger charge is -2.11. The summed E-state index contributed by atoms with van der Waals surface area (Å²) in [4.78, 5) is 11.4. The third kappa shape index (κ3) is 2.70. The van der Waals surface area contributed by atoms with E-state index in [9.17, 15) is 4.79 Å². The molecular weight excluding hydrogens is 194 g/mol. The van der Waals surface area contributed by atoms with Gasteiger partial charge in [0, 0.05) is 6.54 Å². The number of carbonyl (C=O) groups is 1. The Morgan fingerprint density at radius 2 is 2.20 bits per heavy atom. The van der Waals surface area contributed by atoms with Crippen molar-refractivity contribution in [1.29, 1.82) is 0 Å². The molecule has 0 aliphatic rings. The van der Waals surface area contributed by atoms with Crippen molar-refractivity contribution >= 4 is 5.97 Å². The maximum absolute atomic E-state index is 11.4. The van der Waals surface area contributed by atoms with Crippen LogP contribution < -0.4 is 10.5 Å². The minimum absolute atomic E-state index is 0.384. The molecule has 0 aliphatic heterocycles. The van der Waals surface area contributed by atoms with E-state index in [2.05, 4.69) is 4.74 Å². The van der Waals surface area contributed by atoms with Gasteiger partial charge in [0.1, 0.15) is 17.9 Å². The molecule has 0 unspecified atom stereocenters. The van der Waals surface area contributed by atoms with Crippen LogP contribution >= 0.6 is 0 Å². The molecule has 0 saturated carbocycles. The first kappa shape index (κ1) is 11.5. The van der Waals surface area contributed by atoms with Crippen LogP contribution in [-0.2, 0) is 4.74 Å². The molecule has 1 rings (SSSR count). The van der Waals surface area contributed by atoms with Gasteiger partial charge in [-0.25, -0.2) is 4.79 Å². The Morgan fingerprint density at radius 3 is 2.80 bits per heavy atom. The maximum Gasteiger partial charge on any atom is 0.341 e. The molecule has 15 heavy (non-hydrogen) atoms. The Labute approximate surface area is 89.0 Å². The fourth-order valence-electron chi connectivity index (χ4n) is 1.28. The summed E-state index contributed by atoms with van der Waals surface area (Å²) < 4.78 is 10.1. The molecule has 0 saturated heterocycles. The summed E-state index contributed by atoms with van der Waals surface area (Å²) in [6.45, 7) is 2.67. The highest BCUT2D eigenvalue weighted by atomic mass is 16.5. The zero-order valence-electron chi connectivity index (χ0n) is 8.95. The number of carbonyl (C=O) groups excluding carboxylic acids is 1. The Hall–Kier alpha value is -1.55. The summed E-state index contributed by atoms with van der Waals surface area (Å²) in [7, 11) is 1.34. The minimum atomic E-state index is -0.397. The number of rotatable bonds is 4. The molecule has 1 aromatic rings. The van der Waals surface area contributed by atoms with Crippen LogP contribution in [0.3, 0.4) is 0 Å². The van der Waals surface area contributed by atoms with E-state index >= 15 is 0 Å². The molecule has 4 heteroatoms. The van der Waals surface area contributed by atoms with Crippen molar-refractivity contribution in [1.82, 2.24) is 0 Å². The summed E-state index contributed by atoms with van der Waals surface area (Å²) in [5.74, 6) is 0.153. The number of methoxy groups -OCH3 is 1. The van der Waals surface area contributed by atoms with E-state index < -0.39 is 5.97 Å². The van der Waals surface area contributed by atoms with Crippen LogP contribution in [0.25, 0.3) is 0 Å². The number of nitrogens with two attached hydrogens (primary N) is 1. The second kappa shape index (κ2) is 5.36. The van der Waals surface area contributed by atoms with Crippen LogP contribution in [0.15, 0.2) is 18.2 Å². The first-order valence-corrected chi connectivity index (χ1v) is 4.71. The van der Waals surface area contributed by atoms with Gasteiger partial charge in [-0.2, -0.15) is 0 Å². The highest BCUT2D eigenvalue weighted by Crippen LogP contribution is 2.23. The van der Waals surface area contributed by atoms with E-state index in [0.717, 1.165) is 5.56 Å². The molecule has 0 radical (unpaired) electrons. The standard InChI is InChI=1S/C11H15NO3/c1-8-4-3-5-9(11(13)14-2)10(8)15-7-6-12/h3-5H,6-7,12H2,1-2H3. The summed E-state index contributed by atoms with van der Waals surface area (Å²) in [6.07, 6.45) is 0. The van der Waals surface area contributed by atoms with Crippen molar-refractivity contribution in [2.24, 2.45) is 5.73 Å². The summed E-state index contributed by atoms with van der Waals surface area (Å²) >= 11 is 0. The smallest absolute Gasteiger partial charge is 0.341 e. The van der Waals surface area contributed by atoms with Gasteiger partial charge in [-0.15, -0.1) is 0 Å². The molecule has 1 aromatic carbocycles. The Bertz CT molecular complexity index is 350. The Balaban J connectivity index is 3.03. The van der Waals surface area contributed by atoms with Crippen LogP contribution in [0.1, 0.15) is 15.9 Å². The number of ether oxygens (including phenoxy) is 2. The van der Waals surface area contributed by atoms with E-state index in [-0.39, 0.29) is 0 Å². The summed E-state index contributed by atoms with van der Waals surface area (Å²) in [5.41, 5.74) is 6.67. The predicted octanol–water partition coefficient (Wildman–Crippen LogP) is 1.12. The van der Waals surface area contributed by atoms with Crippen LogP contribution in [-0.4, -0.2) is 26.2 Å². The topological polar surface area (TPSA) is 61.5 Å². The lowest BCUT2D eigenvalue weighted by molar-refractivity contribution is 0.0596. The molecule has 2 N–H and O–H groups in total. The number of aryl methyl sites for hydroxylation is 1. The van der Waals surface area contributed by atoms with E-state index in [0.29, 0.717) is 24.5 Å². The monoisotopic (exact) mass is 209 g/mol. The van der Waals surface area contributed by atoms with Gasteiger partial charge in [0.05, 0.1) is 7.11 Å². The molecule has 0 spiro atoms. The normalized spacial score (nSPS) is 9.80. The summed E-state index contributed by atoms with van der Waals surface area (Å²) in [5, 5.41) is 0. The molecule has 0 amide bonds.